The van der Waals surface area contributed by atoms with E-state index in [1.54, 1.807) is 0 Å². The van der Waals surface area contributed by atoms with Crippen LogP contribution in [0.25, 0.3) is 0 Å². The molecule has 0 aliphatic heterocycles. The lowest BCUT2D eigenvalue weighted by Gasteiger charge is -2.27. The van der Waals surface area contributed by atoms with Gasteiger partial charge in [0.1, 0.15) is 5.60 Å². The summed E-state index contributed by atoms with van der Waals surface area (Å²) in [4.78, 5) is 12.3. The summed E-state index contributed by atoms with van der Waals surface area (Å²) in [5.41, 5.74) is 1.67. The molecule has 20 heavy (non-hydrogen) atoms. The van der Waals surface area contributed by atoms with E-state index in [1.807, 2.05) is 24.3 Å². The van der Waals surface area contributed by atoms with Crippen molar-refractivity contribution in [2.24, 2.45) is 0 Å². The largest absolute Gasteiger partial charge is 0.455 e. The van der Waals surface area contributed by atoms with Gasteiger partial charge in [0.2, 0.25) is 0 Å². The molecule has 0 amide bonds. The maximum atomic E-state index is 12.3. The lowest BCUT2D eigenvalue weighted by atomic mass is 9.98. The van der Waals surface area contributed by atoms with Gasteiger partial charge in [-0.15, -0.1) is 0 Å². The molecule has 0 radical (unpaired) electrons. The number of halogens is 1. The van der Waals surface area contributed by atoms with Crippen LogP contribution in [0.4, 0.5) is 0 Å². The zero-order valence-corrected chi connectivity index (χ0v) is 14.7. The smallest absolute Gasteiger partial charge is 0.338 e. The number of rotatable bonds is 4. The van der Waals surface area contributed by atoms with Crippen molar-refractivity contribution in [2.75, 3.05) is 0 Å². The van der Waals surface area contributed by atoms with E-state index in [-0.39, 0.29) is 15.0 Å². The molecule has 1 saturated carbocycles. The molecular formula is C17H23IO2. The Balaban J connectivity index is 2.10. The van der Waals surface area contributed by atoms with Crippen LogP contribution in [0.3, 0.4) is 0 Å². The zero-order chi connectivity index (χ0) is 14.8. The topological polar surface area (TPSA) is 26.3 Å². The second-order valence-electron chi connectivity index (χ2n) is 6.18. The second-order valence-corrected chi connectivity index (χ2v) is 8.88. The monoisotopic (exact) mass is 386 g/mol. The minimum atomic E-state index is -0.210. The summed E-state index contributed by atoms with van der Waals surface area (Å²) in [7, 11) is 0. The van der Waals surface area contributed by atoms with Gasteiger partial charge in [-0.05, 0) is 63.6 Å². The third kappa shape index (κ3) is 3.54. The van der Waals surface area contributed by atoms with E-state index in [1.165, 1.54) is 18.4 Å². The molecule has 1 aliphatic rings. The highest BCUT2D eigenvalue weighted by Gasteiger charge is 2.36. The van der Waals surface area contributed by atoms with Crippen molar-refractivity contribution >= 4 is 28.6 Å². The summed E-state index contributed by atoms with van der Waals surface area (Å²) in [5.74, 6) is -0.174. The maximum absolute atomic E-state index is 12.3. The van der Waals surface area contributed by atoms with Crippen LogP contribution in [0.15, 0.2) is 24.3 Å². The van der Waals surface area contributed by atoms with Crippen LogP contribution in [-0.2, 0) is 8.16 Å². The van der Waals surface area contributed by atoms with Crippen molar-refractivity contribution in [3.63, 3.8) is 0 Å². The number of carbonyl (C=O) groups is 1. The van der Waals surface area contributed by atoms with Crippen LogP contribution in [0.1, 0.15) is 68.8 Å². The highest BCUT2D eigenvalue weighted by atomic mass is 127. The summed E-state index contributed by atoms with van der Waals surface area (Å²) in [6, 6.07) is 7.82. The van der Waals surface area contributed by atoms with E-state index in [0.717, 1.165) is 19.3 Å². The Kier molecular flexibility index (Phi) is 4.77. The third-order valence-electron chi connectivity index (χ3n) is 4.28. The van der Waals surface area contributed by atoms with Crippen LogP contribution >= 0.6 is 22.6 Å². The number of benzene rings is 1. The summed E-state index contributed by atoms with van der Waals surface area (Å²) >= 11 is 2.40. The molecule has 110 valence electrons. The van der Waals surface area contributed by atoms with Crippen molar-refractivity contribution in [2.45, 2.75) is 61.9 Å². The number of carbonyl (C=O) groups excluding carboxylic acids is 1. The SMILES string of the molecule is CCC1(OC(=O)c2ccc(C(C)(C)I)cc2)CCCC1. The standard InChI is InChI=1S/C17H23IO2/c1-4-17(11-5-6-12-17)20-15(19)13-7-9-14(10-8-13)16(2,3)18/h7-10H,4-6,11-12H2,1-3H3. The van der Waals surface area contributed by atoms with Gasteiger partial charge in [-0.3, -0.25) is 0 Å². The first-order chi connectivity index (χ1) is 9.36. The number of alkyl halides is 1. The molecule has 0 N–H and O–H groups in total. The molecule has 0 heterocycles. The first-order valence-electron chi connectivity index (χ1n) is 7.39. The van der Waals surface area contributed by atoms with Crippen LogP contribution in [0, 0.1) is 0 Å². The van der Waals surface area contributed by atoms with E-state index in [0.29, 0.717) is 5.56 Å². The molecule has 3 heteroatoms. The molecule has 1 aromatic carbocycles. The quantitative estimate of drug-likeness (QED) is 0.402. The van der Waals surface area contributed by atoms with E-state index < -0.39 is 0 Å². The summed E-state index contributed by atoms with van der Waals surface area (Å²) < 4.78 is 5.90. The average molecular weight is 386 g/mol. The Bertz CT molecular complexity index is 465. The number of esters is 1. The first kappa shape index (κ1) is 15.8. The molecule has 0 unspecified atom stereocenters. The Morgan fingerprint density at radius 1 is 1.25 bits per heavy atom. The van der Waals surface area contributed by atoms with Gasteiger partial charge in [-0.1, -0.05) is 41.6 Å². The molecule has 0 aromatic heterocycles. The number of ether oxygens (including phenoxy) is 1. The van der Waals surface area contributed by atoms with Crippen LogP contribution in [0.2, 0.25) is 0 Å². The van der Waals surface area contributed by atoms with Crippen LogP contribution in [-0.4, -0.2) is 11.6 Å². The fourth-order valence-electron chi connectivity index (χ4n) is 2.81. The molecular weight excluding hydrogens is 363 g/mol. The van der Waals surface area contributed by atoms with Crippen molar-refractivity contribution in [1.82, 2.24) is 0 Å². The van der Waals surface area contributed by atoms with E-state index in [2.05, 4.69) is 43.4 Å². The van der Waals surface area contributed by atoms with Gasteiger partial charge in [-0.2, -0.15) is 0 Å². The fourth-order valence-corrected chi connectivity index (χ4v) is 3.16. The molecule has 2 rings (SSSR count). The number of hydrogen-bond acceptors (Lipinski definition) is 2. The Labute approximate surface area is 135 Å². The summed E-state index contributed by atoms with van der Waals surface area (Å²) in [5, 5.41) is 0. The van der Waals surface area contributed by atoms with E-state index in [9.17, 15) is 4.79 Å². The second kappa shape index (κ2) is 6.04. The van der Waals surface area contributed by atoms with Gasteiger partial charge >= 0.3 is 5.97 Å². The lowest BCUT2D eigenvalue weighted by molar-refractivity contribution is -0.0172. The van der Waals surface area contributed by atoms with Gasteiger partial charge in [0.25, 0.3) is 0 Å². The molecule has 0 bridgehead atoms. The van der Waals surface area contributed by atoms with Gasteiger partial charge in [0, 0.05) is 3.42 Å². The Hall–Kier alpha value is -0.580. The van der Waals surface area contributed by atoms with Crippen molar-refractivity contribution in [1.29, 1.82) is 0 Å². The average Bonchev–Trinajstić information content (AvgIpc) is 2.87. The van der Waals surface area contributed by atoms with Crippen LogP contribution in [0.5, 0.6) is 0 Å². The molecule has 1 aromatic rings. The molecule has 0 spiro atoms. The van der Waals surface area contributed by atoms with Gasteiger partial charge in [0.15, 0.2) is 0 Å². The minimum absolute atomic E-state index is 0.0797. The predicted molar refractivity (Wildman–Crippen MR) is 90.4 cm³/mol. The van der Waals surface area contributed by atoms with Crippen molar-refractivity contribution in [3.8, 4) is 0 Å². The van der Waals surface area contributed by atoms with Crippen LogP contribution < -0.4 is 0 Å². The first-order valence-corrected chi connectivity index (χ1v) is 8.47. The normalized spacial score (nSPS) is 18.0. The summed E-state index contributed by atoms with van der Waals surface area (Å²) in [6.07, 6.45) is 5.27. The van der Waals surface area contributed by atoms with Crippen molar-refractivity contribution < 1.29 is 9.53 Å². The van der Waals surface area contributed by atoms with Gasteiger partial charge in [0.05, 0.1) is 5.56 Å². The molecule has 0 atom stereocenters. The van der Waals surface area contributed by atoms with E-state index in [4.69, 9.17) is 4.74 Å². The fraction of sp³-hybridized carbons (Fsp3) is 0.588. The highest BCUT2D eigenvalue weighted by Crippen LogP contribution is 2.37. The highest BCUT2D eigenvalue weighted by molar-refractivity contribution is 14.1. The predicted octanol–water partition coefficient (Wildman–Crippen LogP) is 5.24. The summed E-state index contributed by atoms with van der Waals surface area (Å²) in [6.45, 7) is 6.43. The molecule has 1 fully saturated rings. The minimum Gasteiger partial charge on any atom is -0.455 e. The third-order valence-corrected chi connectivity index (χ3v) is 4.90. The maximum Gasteiger partial charge on any atom is 0.338 e. The zero-order valence-electron chi connectivity index (χ0n) is 12.5. The van der Waals surface area contributed by atoms with Crippen molar-refractivity contribution in [3.05, 3.63) is 35.4 Å². The molecule has 1 aliphatic carbocycles. The number of hydrogen-bond donors (Lipinski definition) is 0. The Morgan fingerprint density at radius 2 is 1.80 bits per heavy atom. The Morgan fingerprint density at radius 3 is 2.25 bits per heavy atom. The van der Waals surface area contributed by atoms with E-state index >= 15 is 0 Å². The van der Waals surface area contributed by atoms with Gasteiger partial charge in [-0.25, -0.2) is 4.79 Å². The molecule has 0 saturated heterocycles. The van der Waals surface area contributed by atoms with Gasteiger partial charge < -0.3 is 4.74 Å². The lowest BCUT2D eigenvalue weighted by Crippen LogP contribution is -2.31. The molecule has 2 nitrogen and oxygen atoms in total.